The number of piperazine rings is 1. The highest BCUT2D eigenvalue weighted by molar-refractivity contribution is 6.33. The van der Waals surface area contributed by atoms with Gasteiger partial charge < -0.3 is 25.8 Å². The second-order valence-corrected chi connectivity index (χ2v) is 11.0. The van der Waals surface area contributed by atoms with E-state index >= 15 is 0 Å². The zero-order chi connectivity index (χ0) is 28.8. The van der Waals surface area contributed by atoms with Gasteiger partial charge in [0.25, 0.3) is 5.91 Å². The van der Waals surface area contributed by atoms with Crippen molar-refractivity contribution in [2.75, 3.05) is 64.1 Å². The Morgan fingerprint density at radius 1 is 1.10 bits per heavy atom. The van der Waals surface area contributed by atoms with Crippen LogP contribution in [0.25, 0.3) is 0 Å². The van der Waals surface area contributed by atoms with Crippen molar-refractivity contribution in [1.82, 2.24) is 20.1 Å². The van der Waals surface area contributed by atoms with Crippen LogP contribution in [0, 0.1) is 0 Å². The number of nitrogens with one attached hydrogen (secondary N) is 3. The summed E-state index contributed by atoms with van der Waals surface area (Å²) in [6.45, 7) is 5.10. The van der Waals surface area contributed by atoms with E-state index in [-0.39, 0.29) is 12.5 Å². The average molecular weight is 579 g/mol. The normalized spacial score (nSPS) is 17.8. The first-order valence-corrected chi connectivity index (χ1v) is 14.6. The third-order valence-corrected chi connectivity index (χ3v) is 8.41. The van der Waals surface area contributed by atoms with Gasteiger partial charge in [-0.2, -0.15) is 0 Å². The summed E-state index contributed by atoms with van der Waals surface area (Å²) in [5, 5.41) is 19.1. The lowest BCUT2D eigenvalue weighted by Crippen LogP contribution is -2.51. The number of benzene rings is 2. The third kappa shape index (κ3) is 6.76. The first-order valence-electron chi connectivity index (χ1n) is 14.3. The molecule has 0 radical (unpaired) electrons. The number of aliphatic hydroxyl groups is 1. The van der Waals surface area contributed by atoms with Crippen LogP contribution in [0.4, 0.5) is 22.9 Å². The van der Waals surface area contributed by atoms with Gasteiger partial charge in [0.15, 0.2) is 0 Å². The van der Waals surface area contributed by atoms with E-state index in [1.54, 1.807) is 26.4 Å². The second-order valence-electron chi connectivity index (χ2n) is 10.6. The number of halogens is 1. The zero-order valence-electron chi connectivity index (χ0n) is 23.8. The Bertz CT molecular complexity index is 1360. The van der Waals surface area contributed by atoms with Gasteiger partial charge >= 0.3 is 0 Å². The van der Waals surface area contributed by atoms with Crippen molar-refractivity contribution in [3.8, 4) is 5.75 Å². The molecule has 218 valence electrons. The fraction of sp³-hybridized carbons (Fsp3) is 0.419. The molecule has 1 aliphatic carbocycles. The topological polar surface area (TPSA) is 102 Å². The van der Waals surface area contributed by atoms with Gasteiger partial charge in [-0.05, 0) is 55.0 Å². The van der Waals surface area contributed by atoms with E-state index in [1.807, 2.05) is 24.3 Å². The van der Waals surface area contributed by atoms with E-state index in [0.717, 1.165) is 69.8 Å². The predicted octanol–water partition coefficient (Wildman–Crippen LogP) is 4.45. The number of para-hydroxylation sites is 1. The fourth-order valence-corrected chi connectivity index (χ4v) is 6.10. The van der Waals surface area contributed by atoms with Crippen LogP contribution < -0.4 is 20.7 Å². The molecule has 2 aliphatic rings. The number of ether oxygens (including phenoxy) is 1. The lowest BCUT2D eigenvalue weighted by atomic mass is 9.98. The molecule has 0 bridgehead atoms. The molecule has 2 heterocycles. The first-order chi connectivity index (χ1) is 20.0. The number of nitrogens with zero attached hydrogens (tertiary/aromatic N) is 3. The number of aliphatic hydroxyl groups excluding tert-OH is 1. The molecule has 9 nitrogen and oxygen atoms in total. The number of methoxy groups -OCH3 is 1. The van der Waals surface area contributed by atoms with Gasteiger partial charge in [0.1, 0.15) is 11.6 Å². The van der Waals surface area contributed by atoms with Crippen molar-refractivity contribution >= 4 is 40.4 Å². The summed E-state index contributed by atoms with van der Waals surface area (Å²) >= 11 is 6.49. The fourth-order valence-electron chi connectivity index (χ4n) is 5.95. The molecule has 0 saturated carbocycles. The third-order valence-electron chi connectivity index (χ3n) is 8.11. The number of carbonyl (C=O) groups excluding carboxylic acids is 1. The number of carbonyl (C=O) groups is 1. The molecule has 0 spiro atoms. The minimum absolute atomic E-state index is 0.183. The second kappa shape index (κ2) is 13.5. The Labute approximate surface area is 246 Å². The van der Waals surface area contributed by atoms with E-state index < -0.39 is 0 Å². The van der Waals surface area contributed by atoms with Crippen molar-refractivity contribution in [3.05, 3.63) is 70.4 Å². The van der Waals surface area contributed by atoms with Gasteiger partial charge in [-0.3, -0.25) is 14.6 Å². The van der Waals surface area contributed by atoms with Crippen molar-refractivity contribution in [3.63, 3.8) is 0 Å². The number of hydrogen-bond donors (Lipinski definition) is 4. The van der Waals surface area contributed by atoms with E-state index in [2.05, 4.69) is 42.9 Å². The lowest BCUT2D eigenvalue weighted by Gasteiger charge is -2.39. The predicted molar refractivity (Wildman–Crippen MR) is 164 cm³/mol. The molecule has 10 heteroatoms. The summed E-state index contributed by atoms with van der Waals surface area (Å²) < 4.78 is 5.98. The maximum atomic E-state index is 12.3. The molecule has 1 atom stereocenters. The summed E-state index contributed by atoms with van der Waals surface area (Å²) in [6, 6.07) is 13.9. The highest BCUT2D eigenvalue weighted by Gasteiger charge is 2.28. The van der Waals surface area contributed by atoms with E-state index in [1.165, 1.54) is 11.1 Å². The maximum absolute atomic E-state index is 12.3. The van der Waals surface area contributed by atoms with Crippen LogP contribution in [0.15, 0.2) is 48.7 Å². The largest absolute Gasteiger partial charge is 0.494 e. The summed E-state index contributed by atoms with van der Waals surface area (Å²) in [4.78, 5) is 21.8. The molecule has 5 rings (SSSR count). The Morgan fingerprint density at radius 3 is 2.66 bits per heavy atom. The Kier molecular flexibility index (Phi) is 9.61. The maximum Gasteiger partial charge on any atom is 0.253 e. The lowest BCUT2D eigenvalue weighted by molar-refractivity contribution is 0.0805. The minimum atomic E-state index is -0.183. The van der Waals surface area contributed by atoms with E-state index in [9.17, 15) is 9.90 Å². The number of rotatable bonds is 9. The molecule has 1 amide bonds. The number of anilines is 4. The first kappa shape index (κ1) is 29.1. The van der Waals surface area contributed by atoms with Crippen molar-refractivity contribution in [2.45, 2.75) is 31.7 Å². The molecule has 4 N–H and O–H groups in total. The van der Waals surface area contributed by atoms with E-state index in [0.29, 0.717) is 33.8 Å². The molecule has 0 unspecified atom stereocenters. The average Bonchev–Trinajstić information content (AvgIpc) is 3.22. The standard InChI is InChI=1S/C31H39ClN6O3/c1-33-31(40)24-7-3-4-9-26(24)35-28-19-29(34-20-25(28)32)36-27-11-10-21-18-22(6-5-8-23(21)30(27)41-2)38-14-12-37(13-15-38)16-17-39/h3-4,7,9-11,19-20,22,39H,5-6,8,12-18H2,1-2H3,(H,33,40)(H2,34,35,36)/t22-/m1/s1. The number of β-amino-alcohol motifs (C(OH)–C–C–N with tert-alkyl or cyclic N) is 1. The molecular weight excluding hydrogens is 540 g/mol. The number of hydrogen-bond acceptors (Lipinski definition) is 8. The van der Waals surface area contributed by atoms with Gasteiger partial charge in [0.2, 0.25) is 0 Å². The molecular formula is C31H39ClN6O3. The molecule has 1 aromatic heterocycles. The number of fused-ring (bicyclic) bond motifs is 1. The van der Waals surface area contributed by atoms with Crippen molar-refractivity contribution < 1.29 is 14.6 Å². The summed E-state index contributed by atoms with van der Waals surface area (Å²) in [6.07, 6.45) is 5.82. The smallest absolute Gasteiger partial charge is 0.253 e. The van der Waals surface area contributed by atoms with Gasteiger partial charge in [-0.15, -0.1) is 0 Å². The molecule has 1 saturated heterocycles. The van der Waals surface area contributed by atoms with Crippen LogP contribution in [0.2, 0.25) is 5.02 Å². The van der Waals surface area contributed by atoms with Gasteiger partial charge in [0, 0.05) is 51.9 Å². The molecule has 1 aliphatic heterocycles. The highest BCUT2D eigenvalue weighted by Crippen LogP contribution is 2.38. The molecule has 1 fully saturated rings. The van der Waals surface area contributed by atoms with Gasteiger partial charge in [-0.1, -0.05) is 29.8 Å². The van der Waals surface area contributed by atoms with Crippen LogP contribution in [0.3, 0.4) is 0 Å². The van der Waals surface area contributed by atoms with Gasteiger partial charge in [-0.25, -0.2) is 4.98 Å². The van der Waals surface area contributed by atoms with E-state index in [4.69, 9.17) is 16.3 Å². The van der Waals surface area contributed by atoms with Crippen molar-refractivity contribution in [1.29, 1.82) is 0 Å². The molecule has 3 aromatic rings. The zero-order valence-corrected chi connectivity index (χ0v) is 24.5. The monoisotopic (exact) mass is 578 g/mol. The Balaban J connectivity index is 1.34. The molecule has 41 heavy (non-hydrogen) atoms. The Morgan fingerprint density at radius 2 is 1.90 bits per heavy atom. The summed E-state index contributed by atoms with van der Waals surface area (Å²) in [5.41, 5.74) is 5.26. The number of aromatic nitrogens is 1. The number of amides is 1. The van der Waals surface area contributed by atoms with Crippen LogP contribution in [0.1, 0.15) is 34.3 Å². The SMILES string of the molecule is CNC(=O)c1ccccc1Nc1cc(Nc2ccc3c(c2OC)CCC[C@@H](N2CCN(CCO)CC2)C3)ncc1Cl. The highest BCUT2D eigenvalue weighted by atomic mass is 35.5. The van der Waals surface area contributed by atoms with Crippen LogP contribution in [0.5, 0.6) is 5.75 Å². The van der Waals surface area contributed by atoms with Gasteiger partial charge in [0.05, 0.1) is 47.6 Å². The van der Waals surface area contributed by atoms with Crippen LogP contribution in [-0.2, 0) is 12.8 Å². The van der Waals surface area contributed by atoms with Crippen LogP contribution >= 0.6 is 11.6 Å². The van der Waals surface area contributed by atoms with Crippen molar-refractivity contribution in [2.24, 2.45) is 0 Å². The quantitative estimate of drug-likeness (QED) is 0.276. The molecule has 2 aromatic carbocycles. The summed E-state index contributed by atoms with van der Waals surface area (Å²) in [7, 11) is 3.33. The Hall–Kier alpha value is -3.37. The summed E-state index contributed by atoms with van der Waals surface area (Å²) in [5.74, 6) is 1.28. The number of pyridine rings is 1. The minimum Gasteiger partial charge on any atom is -0.494 e. The van der Waals surface area contributed by atoms with Crippen LogP contribution in [-0.4, -0.2) is 85.3 Å².